The zero-order chi connectivity index (χ0) is 18.1. The molecule has 0 bridgehead atoms. The number of halogens is 1. The Balaban J connectivity index is 0. The number of ether oxygens (including phenoxy) is 2. The second kappa shape index (κ2) is 16.7. The van der Waals surface area contributed by atoms with Crippen LogP contribution in [0.15, 0.2) is 54.6 Å². The van der Waals surface area contributed by atoms with Crippen LogP contribution >= 0.6 is 11.6 Å². The van der Waals surface area contributed by atoms with Crippen LogP contribution < -0.4 is 9.47 Å². The molecule has 0 heterocycles. The fourth-order valence-electron chi connectivity index (χ4n) is 1.38. The lowest BCUT2D eigenvalue weighted by molar-refractivity contribution is 0.242. The molecule has 2 aromatic carbocycles. The third-order valence-corrected chi connectivity index (χ3v) is 2.48. The summed E-state index contributed by atoms with van der Waals surface area (Å²) in [6.45, 7) is 12.0. The molecule has 130 valence electrons. The van der Waals surface area contributed by atoms with E-state index in [2.05, 4.69) is 0 Å². The van der Waals surface area contributed by atoms with E-state index in [1.807, 2.05) is 90.1 Å². The summed E-state index contributed by atoms with van der Waals surface area (Å²) in [4.78, 5) is 0. The average Bonchev–Trinajstić information content (AvgIpc) is 2.60. The molecule has 0 aromatic heterocycles. The molecule has 0 aliphatic heterocycles. The van der Waals surface area contributed by atoms with Crippen molar-refractivity contribution >= 4 is 11.6 Å². The summed E-state index contributed by atoms with van der Waals surface area (Å²) < 4.78 is 10.3. The predicted octanol–water partition coefficient (Wildman–Crippen LogP) is 6.87. The Bertz CT molecular complexity index is 470. The molecular weight excluding hydrogens is 308 g/mol. The largest absolute Gasteiger partial charge is 0.495 e. The van der Waals surface area contributed by atoms with Crippen molar-refractivity contribution in [2.75, 3.05) is 7.11 Å². The van der Waals surface area contributed by atoms with Crippen molar-refractivity contribution in [1.82, 2.24) is 0 Å². The van der Waals surface area contributed by atoms with E-state index in [9.17, 15) is 0 Å². The van der Waals surface area contributed by atoms with E-state index < -0.39 is 0 Å². The minimum absolute atomic E-state index is 0.266. The van der Waals surface area contributed by atoms with Crippen LogP contribution in [0.4, 0.5) is 0 Å². The maximum absolute atomic E-state index is 5.70. The van der Waals surface area contributed by atoms with E-state index in [1.54, 1.807) is 13.2 Å². The summed E-state index contributed by atoms with van der Waals surface area (Å²) in [6, 6.07) is 17.2. The Morgan fingerprint density at radius 3 is 1.65 bits per heavy atom. The standard InChI is InChI=1S/C9H12O.C7H7ClO.2C2H6/c1-8(2)10-9-6-4-3-5-7-9;1-9-7-5-3-2-4-6(7)8;2*1-2/h3-8H,1-2H3;2-5H,1H3;2*1-2H3. The lowest BCUT2D eigenvalue weighted by Crippen LogP contribution is -2.04. The van der Waals surface area contributed by atoms with Crippen LogP contribution in [0, 0.1) is 0 Å². The summed E-state index contributed by atoms with van der Waals surface area (Å²) in [5.41, 5.74) is 0. The Hall–Kier alpha value is -1.67. The fourth-order valence-corrected chi connectivity index (χ4v) is 1.59. The molecule has 0 amide bonds. The Kier molecular flexibility index (Phi) is 17.1. The van der Waals surface area contributed by atoms with Gasteiger partial charge in [-0.3, -0.25) is 0 Å². The van der Waals surface area contributed by atoms with Crippen molar-refractivity contribution in [3.05, 3.63) is 59.6 Å². The first kappa shape index (κ1) is 23.6. The van der Waals surface area contributed by atoms with Crippen molar-refractivity contribution in [1.29, 1.82) is 0 Å². The highest BCUT2D eigenvalue weighted by molar-refractivity contribution is 6.32. The normalized spacial score (nSPS) is 8.39. The first-order chi connectivity index (χ1) is 11.1. The maximum Gasteiger partial charge on any atom is 0.137 e. The zero-order valence-corrected chi connectivity index (χ0v) is 16.2. The summed E-state index contributed by atoms with van der Waals surface area (Å²) >= 11 is 5.70. The van der Waals surface area contributed by atoms with E-state index in [-0.39, 0.29) is 6.10 Å². The molecule has 0 N–H and O–H groups in total. The Morgan fingerprint density at radius 2 is 1.26 bits per heavy atom. The van der Waals surface area contributed by atoms with Gasteiger partial charge in [-0.05, 0) is 38.1 Å². The average molecular weight is 339 g/mol. The molecule has 2 rings (SSSR count). The molecule has 23 heavy (non-hydrogen) atoms. The van der Waals surface area contributed by atoms with Crippen molar-refractivity contribution < 1.29 is 9.47 Å². The highest BCUT2D eigenvalue weighted by atomic mass is 35.5. The van der Waals surface area contributed by atoms with E-state index in [0.29, 0.717) is 5.02 Å². The predicted molar refractivity (Wildman–Crippen MR) is 103 cm³/mol. The van der Waals surface area contributed by atoms with E-state index in [4.69, 9.17) is 21.1 Å². The third kappa shape index (κ3) is 12.5. The number of benzene rings is 2. The number of hydrogen-bond donors (Lipinski definition) is 0. The molecular formula is C20H31ClO2. The second-order valence-corrected chi connectivity index (χ2v) is 4.52. The number of rotatable bonds is 3. The fraction of sp³-hybridized carbons (Fsp3) is 0.400. The third-order valence-electron chi connectivity index (χ3n) is 2.17. The van der Waals surface area contributed by atoms with Crippen LogP contribution in [0.5, 0.6) is 11.5 Å². The summed E-state index contributed by atoms with van der Waals surface area (Å²) in [5.74, 6) is 1.66. The van der Waals surface area contributed by atoms with Gasteiger partial charge in [-0.2, -0.15) is 0 Å². The first-order valence-electron chi connectivity index (χ1n) is 8.13. The van der Waals surface area contributed by atoms with Gasteiger partial charge in [0.15, 0.2) is 0 Å². The SMILES string of the molecule is CC.CC.CC(C)Oc1ccccc1.COc1ccccc1Cl. The topological polar surface area (TPSA) is 18.5 Å². The van der Waals surface area contributed by atoms with Gasteiger partial charge >= 0.3 is 0 Å². The van der Waals surface area contributed by atoms with Gasteiger partial charge < -0.3 is 9.47 Å². The Morgan fingerprint density at radius 1 is 0.783 bits per heavy atom. The van der Waals surface area contributed by atoms with Crippen LogP contribution in [-0.4, -0.2) is 13.2 Å². The highest BCUT2D eigenvalue weighted by Crippen LogP contribution is 2.21. The van der Waals surface area contributed by atoms with Crippen LogP contribution in [0.3, 0.4) is 0 Å². The summed E-state index contributed by atoms with van der Waals surface area (Å²) in [7, 11) is 1.60. The van der Waals surface area contributed by atoms with Gasteiger partial charge in [0.1, 0.15) is 11.5 Å². The molecule has 0 spiro atoms. The molecule has 2 aromatic rings. The monoisotopic (exact) mass is 338 g/mol. The second-order valence-electron chi connectivity index (χ2n) is 4.11. The minimum Gasteiger partial charge on any atom is -0.495 e. The Labute approximate surface area is 147 Å². The molecule has 0 saturated heterocycles. The smallest absolute Gasteiger partial charge is 0.137 e. The maximum atomic E-state index is 5.70. The van der Waals surface area contributed by atoms with E-state index in [0.717, 1.165) is 11.5 Å². The van der Waals surface area contributed by atoms with Gasteiger partial charge in [0.25, 0.3) is 0 Å². The highest BCUT2D eigenvalue weighted by Gasteiger charge is 1.94. The summed E-state index contributed by atoms with van der Waals surface area (Å²) in [6.07, 6.45) is 0.266. The van der Waals surface area contributed by atoms with Crippen molar-refractivity contribution in [3.8, 4) is 11.5 Å². The van der Waals surface area contributed by atoms with Gasteiger partial charge in [0, 0.05) is 0 Å². The molecule has 2 nitrogen and oxygen atoms in total. The molecule has 0 radical (unpaired) electrons. The number of para-hydroxylation sites is 2. The number of methoxy groups -OCH3 is 1. The number of hydrogen-bond acceptors (Lipinski definition) is 2. The molecule has 0 atom stereocenters. The van der Waals surface area contributed by atoms with Crippen molar-refractivity contribution in [2.45, 2.75) is 47.6 Å². The molecule has 0 fully saturated rings. The lowest BCUT2D eigenvalue weighted by atomic mass is 10.3. The van der Waals surface area contributed by atoms with Crippen LogP contribution in [0.1, 0.15) is 41.5 Å². The van der Waals surface area contributed by atoms with Crippen molar-refractivity contribution in [3.63, 3.8) is 0 Å². The van der Waals surface area contributed by atoms with Gasteiger partial charge in [-0.1, -0.05) is 69.6 Å². The molecule has 0 unspecified atom stereocenters. The lowest BCUT2D eigenvalue weighted by Gasteiger charge is -2.07. The van der Waals surface area contributed by atoms with Crippen LogP contribution in [0.2, 0.25) is 5.02 Å². The van der Waals surface area contributed by atoms with Gasteiger partial charge in [0.05, 0.1) is 18.2 Å². The first-order valence-corrected chi connectivity index (χ1v) is 8.51. The quantitative estimate of drug-likeness (QED) is 0.607. The molecule has 0 aliphatic rings. The van der Waals surface area contributed by atoms with Crippen molar-refractivity contribution in [2.24, 2.45) is 0 Å². The molecule has 0 saturated carbocycles. The van der Waals surface area contributed by atoms with Gasteiger partial charge in [-0.25, -0.2) is 0 Å². The summed E-state index contributed by atoms with van der Waals surface area (Å²) in [5, 5.41) is 0.653. The van der Waals surface area contributed by atoms with Crippen LogP contribution in [-0.2, 0) is 0 Å². The molecule has 0 aliphatic carbocycles. The van der Waals surface area contributed by atoms with E-state index >= 15 is 0 Å². The minimum atomic E-state index is 0.266. The molecule has 3 heteroatoms. The van der Waals surface area contributed by atoms with E-state index in [1.165, 1.54) is 0 Å². The van der Waals surface area contributed by atoms with Gasteiger partial charge in [0.2, 0.25) is 0 Å². The van der Waals surface area contributed by atoms with Crippen LogP contribution in [0.25, 0.3) is 0 Å². The zero-order valence-electron chi connectivity index (χ0n) is 15.5. The van der Waals surface area contributed by atoms with Gasteiger partial charge in [-0.15, -0.1) is 0 Å².